The van der Waals surface area contributed by atoms with Gasteiger partial charge in [-0.3, -0.25) is 0 Å². The third kappa shape index (κ3) is 3.32. The summed E-state index contributed by atoms with van der Waals surface area (Å²) < 4.78 is 4.63. The minimum atomic E-state index is 0.863. The first-order valence-corrected chi connectivity index (χ1v) is 12.1. The summed E-state index contributed by atoms with van der Waals surface area (Å²) in [4.78, 5) is 9.79. The van der Waals surface area contributed by atoms with E-state index in [1.807, 2.05) is 0 Å². The molecule has 0 atom stereocenters. The predicted molar refractivity (Wildman–Crippen MR) is 128 cm³/mol. The van der Waals surface area contributed by atoms with Crippen LogP contribution in [0.4, 0.5) is 5.69 Å². The van der Waals surface area contributed by atoms with Gasteiger partial charge >= 0.3 is 0 Å². The second-order valence-corrected chi connectivity index (χ2v) is 9.69. The zero-order chi connectivity index (χ0) is 20.0. The maximum Gasteiger partial charge on any atom is 0.163 e. The quantitative estimate of drug-likeness (QED) is 0.328. The molecule has 0 saturated carbocycles. The highest BCUT2D eigenvalue weighted by atomic mass is 79.9. The molecule has 0 saturated heterocycles. The van der Waals surface area contributed by atoms with E-state index in [4.69, 9.17) is 9.98 Å². The Hall–Kier alpha value is -1.72. The van der Waals surface area contributed by atoms with Gasteiger partial charge in [0.2, 0.25) is 0 Å². The first kappa shape index (κ1) is 19.3. The van der Waals surface area contributed by atoms with E-state index in [2.05, 4.69) is 79.7 Å². The van der Waals surface area contributed by atoms with Crippen molar-refractivity contribution in [2.24, 2.45) is 9.98 Å². The summed E-state index contributed by atoms with van der Waals surface area (Å²) in [5.74, 6) is 0.863. The van der Waals surface area contributed by atoms with Gasteiger partial charge in [-0.2, -0.15) is 0 Å². The standard InChI is InChI=1S/C24H23Br2N3/c1-2-3-4-5-6-7-12-29-20-11-9-15(25)13-18(20)22-23(29)21-17-10-8-16(26)14-19(17)27-24(21)28-22/h8-11,13-14H,2-7,12H2,1H3. The fourth-order valence-corrected chi connectivity index (χ4v) is 5.19. The number of aromatic nitrogens is 1. The largest absolute Gasteiger partial charge is 0.339 e. The maximum absolute atomic E-state index is 4.97. The maximum atomic E-state index is 4.97. The van der Waals surface area contributed by atoms with E-state index in [-0.39, 0.29) is 0 Å². The smallest absolute Gasteiger partial charge is 0.163 e. The van der Waals surface area contributed by atoms with E-state index in [0.29, 0.717) is 0 Å². The van der Waals surface area contributed by atoms with Crippen molar-refractivity contribution in [3.8, 4) is 0 Å². The summed E-state index contributed by atoms with van der Waals surface area (Å²) in [6, 6.07) is 12.9. The Bertz CT molecular complexity index is 1270. The van der Waals surface area contributed by atoms with Crippen molar-refractivity contribution in [1.29, 1.82) is 0 Å². The normalized spacial score (nSPS) is 14.0. The Morgan fingerprint density at radius 1 is 0.862 bits per heavy atom. The number of aryl methyl sites for hydroxylation is 1. The van der Waals surface area contributed by atoms with Crippen molar-refractivity contribution in [3.63, 3.8) is 0 Å². The van der Waals surface area contributed by atoms with Gasteiger partial charge in [0, 0.05) is 26.4 Å². The zero-order valence-electron chi connectivity index (χ0n) is 16.5. The van der Waals surface area contributed by atoms with Gasteiger partial charge < -0.3 is 4.57 Å². The molecular formula is C24H23Br2N3. The molecular weight excluding hydrogens is 490 g/mol. The Balaban J connectivity index is 1.62. The highest BCUT2D eigenvalue weighted by molar-refractivity contribution is 9.10. The number of amidine groups is 1. The number of nitrogens with zero attached hydrogens (tertiary/aromatic N) is 3. The first-order valence-electron chi connectivity index (χ1n) is 10.5. The molecule has 3 heterocycles. The minimum absolute atomic E-state index is 0.863. The van der Waals surface area contributed by atoms with Crippen molar-refractivity contribution >= 4 is 59.9 Å². The minimum Gasteiger partial charge on any atom is -0.339 e. The van der Waals surface area contributed by atoms with Crippen LogP contribution in [0.2, 0.25) is 0 Å². The molecule has 0 aliphatic carbocycles. The Labute approximate surface area is 187 Å². The van der Waals surface area contributed by atoms with Crippen molar-refractivity contribution in [1.82, 2.24) is 4.57 Å². The van der Waals surface area contributed by atoms with E-state index in [0.717, 1.165) is 32.4 Å². The van der Waals surface area contributed by atoms with Gasteiger partial charge in [0.05, 0.1) is 27.5 Å². The molecule has 5 rings (SSSR count). The van der Waals surface area contributed by atoms with Crippen LogP contribution >= 0.6 is 31.9 Å². The number of rotatable bonds is 7. The van der Waals surface area contributed by atoms with E-state index in [1.165, 1.54) is 65.9 Å². The van der Waals surface area contributed by atoms with Crippen molar-refractivity contribution in [2.75, 3.05) is 0 Å². The third-order valence-electron chi connectivity index (χ3n) is 5.87. The van der Waals surface area contributed by atoms with E-state index < -0.39 is 0 Å². The molecule has 2 aliphatic rings. The molecule has 2 aromatic carbocycles. The Morgan fingerprint density at radius 3 is 2.48 bits per heavy atom. The topological polar surface area (TPSA) is 29.6 Å². The lowest BCUT2D eigenvalue weighted by Gasteiger charge is -2.08. The summed E-state index contributed by atoms with van der Waals surface area (Å²) in [7, 11) is 0. The number of aliphatic imine (C=N–C) groups is 1. The van der Waals surface area contributed by atoms with E-state index in [9.17, 15) is 0 Å². The van der Waals surface area contributed by atoms with Crippen LogP contribution in [0.3, 0.4) is 0 Å². The molecule has 148 valence electrons. The van der Waals surface area contributed by atoms with Gasteiger partial charge in [0.1, 0.15) is 0 Å². The monoisotopic (exact) mass is 511 g/mol. The highest BCUT2D eigenvalue weighted by Gasteiger charge is 2.28. The molecule has 2 aliphatic heterocycles. The van der Waals surface area contributed by atoms with Gasteiger partial charge in [0.15, 0.2) is 5.84 Å². The molecule has 3 nitrogen and oxygen atoms in total. The number of benzene rings is 2. The molecule has 5 heteroatoms. The second kappa shape index (κ2) is 7.84. The zero-order valence-corrected chi connectivity index (χ0v) is 19.7. The molecule has 0 spiro atoms. The first-order chi connectivity index (χ1) is 14.2. The number of unbranched alkanes of at least 4 members (excludes halogenated alkanes) is 5. The highest BCUT2D eigenvalue weighted by Crippen LogP contribution is 2.36. The molecule has 0 fully saturated rings. The Morgan fingerprint density at radius 2 is 1.62 bits per heavy atom. The molecule has 0 bridgehead atoms. The summed E-state index contributed by atoms with van der Waals surface area (Å²) in [6.45, 7) is 3.29. The van der Waals surface area contributed by atoms with Gasteiger partial charge in [-0.1, -0.05) is 77.0 Å². The number of hydrogen-bond donors (Lipinski definition) is 0. The lowest BCUT2D eigenvalue weighted by molar-refractivity contribution is 0.560. The molecule has 29 heavy (non-hydrogen) atoms. The van der Waals surface area contributed by atoms with Gasteiger partial charge in [0.25, 0.3) is 0 Å². The third-order valence-corrected chi connectivity index (χ3v) is 6.85. The van der Waals surface area contributed by atoms with Crippen LogP contribution in [0.1, 0.15) is 51.0 Å². The summed E-state index contributed by atoms with van der Waals surface area (Å²) in [5, 5.41) is 3.53. The van der Waals surface area contributed by atoms with Gasteiger partial charge in [-0.25, -0.2) is 9.98 Å². The average Bonchev–Trinajstić information content (AvgIpc) is 3.31. The number of hydrogen-bond acceptors (Lipinski definition) is 2. The number of halogens is 2. The Kier molecular flexibility index (Phi) is 5.21. The number of fused-ring (bicyclic) bond motifs is 6. The lowest BCUT2D eigenvalue weighted by atomic mass is 10.1. The molecule has 0 radical (unpaired) electrons. The predicted octanol–water partition coefficient (Wildman–Crippen LogP) is 6.40. The van der Waals surface area contributed by atoms with Crippen LogP contribution < -0.4 is 10.7 Å². The van der Waals surface area contributed by atoms with Crippen LogP contribution in [0, 0.1) is 0 Å². The van der Waals surface area contributed by atoms with Crippen molar-refractivity contribution < 1.29 is 0 Å². The summed E-state index contributed by atoms with van der Waals surface area (Å²) in [6.07, 6.45) is 7.79. The van der Waals surface area contributed by atoms with E-state index >= 15 is 0 Å². The fourth-order valence-electron chi connectivity index (χ4n) is 4.48. The van der Waals surface area contributed by atoms with E-state index in [1.54, 1.807) is 0 Å². The van der Waals surface area contributed by atoms with Crippen molar-refractivity contribution in [2.45, 2.75) is 52.0 Å². The SMILES string of the molecule is CCCCCCCCn1c2c(c3cc(Br)ccc31)=NC1=Nc3cc(Br)ccc3C=21. The molecule has 1 aromatic heterocycles. The van der Waals surface area contributed by atoms with Gasteiger partial charge in [-0.15, -0.1) is 0 Å². The second-order valence-electron chi connectivity index (χ2n) is 7.86. The summed E-state index contributed by atoms with van der Waals surface area (Å²) >= 11 is 7.21. The van der Waals surface area contributed by atoms with Crippen LogP contribution in [-0.2, 0) is 6.54 Å². The van der Waals surface area contributed by atoms with Crippen LogP contribution in [0.25, 0.3) is 16.5 Å². The average molecular weight is 513 g/mol. The van der Waals surface area contributed by atoms with Gasteiger partial charge in [-0.05, 0) is 36.8 Å². The molecule has 0 N–H and O–H groups in total. The van der Waals surface area contributed by atoms with Crippen LogP contribution in [0.5, 0.6) is 0 Å². The lowest BCUT2D eigenvalue weighted by Crippen LogP contribution is -2.29. The van der Waals surface area contributed by atoms with Crippen LogP contribution in [0.15, 0.2) is 55.3 Å². The fraction of sp³-hybridized carbons (Fsp3) is 0.333. The van der Waals surface area contributed by atoms with Crippen molar-refractivity contribution in [3.05, 3.63) is 61.6 Å². The molecule has 3 aromatic rings. The van der Waals surface area contributed by atoms with Crippen LogP contribution in [-0.4, -0.2) is 10.4 Å². The summed E-state index contributed by atoms with van der Waals surface area (Å²) in [5.41, 5.74) is 4.67. The molecule has 0 unspecified atom stereocenters. The molecule has 0 amide bonds.